The molecule has 144 valence electrons. The van der Waals surface area contributed by atoms with Gasteiger partial charge >= 0.3 is 0 Å². The van der Waals surface area contributed by atoms with Crippen molar-refractivity contribution in [3.63, 3.8) is 0 Å². The Balaban J connectivity index is 1.75. The van der Waals surface area contributed by atoms with Crippen LogP contribution in [0.2, 0.25) is 0 Å². The number of hydrogen-bond donors (Lipinski definition) is 1. The van der Waals surface area contributed by atoms with E-state index in [9.17, 15) is 14.0 Å². The van der Waals surface area contributed by atoms with Crippen molar-refractivity contribution in [2.75, 3.05) is 32.8 Å². The van der Waals surface area contributed by atoms with E-state index in [-0.39, 0.29) is 23.5 Å². The molecule has 1 unspecified atom stereocenters. The van der Waals surface area contributed by atoms with Gasteiger partial charge in [0, 0.05) is 38.4 Å². The Hall–Kier alpha value is -1.95. The monoisotopic (exact) mass is 364 g/mol. The molecule has 1 aromatic carbocycles. The van der Waals surface area contributed by atoms with Gasteiger partial charge in [0.15, 0.2) is 0 Å². The van der Waals surface area contributed by atoms with E-state index in [2.05, 4.69) is 19.2 Å². The number of ether oxygens (including phenoxy) is 1. The van der Waals surface area contributed by atoms with E-state index < -0.39 is 0 Å². The molecular weight excluding hydrogens is 335 g/mol. The summed E-state index contributed by atoms with van der Waals surface area (Å²) in [5.74, 6) is -0.203. The Morgan fingerprint density at radius 3 is 2.73 bits per heavy atom. The lowest BCUT2D eigenvalue weighted by molar-refractivity contribution is -0.126. The molecule has 0 radical (unpaired) electrons. The van der Waals surface area contributed by atoms with Crippen LogP contribution in [0, 0.1) is 17.7 Å². The average Bonchev–Trinajstić information content (AvgIpc) is 2.64. The minimum atomic E-state index is -0.366. The molecule has 1 saturated heterocycles. The molecule has 2 rings (SSSR count). The Kier molecular flexibility index (Phi) is 8.04. The predicted molar refractivity (Wildman–Crippen MR) is 98.3 cm³/mol. The summed E-state index contributed by atoms with van der Waals surface area (Å²) in [5, 5.41) is 2.94. The molecule has 1 atom stereocenters. The maximum Gasteiger partial charge on any atom is 0.253 e. The lowest BCUT2D eigenvalue weighted by Crippen LogP contribution is -2.45. The summed E-state index contributed by atoms with van der Waals surface area (Å²) in [4.78, 5) is 26.6. The van der Waals surface area contributed by atoms with Crippen LogP contribution in [0.3, 0.4) is 0 Å². The van der Waals surface area contributed by atoms with Crippen LogP contribution in [0.15, 0.2) is 24.3 Å². The van der Waals surface area contributed by atoms with Crippen LogP contribution in [0.5, 0.6) is 0 Å². The average molecular weight is 364 g/mol. The standard InChI is InChI=1S/C20H29FN2O3/c1-15(2)14-26-12-4-10-22-19(24)17-5-3-11-23(13-17)20(25)16-6-8-18(21)9-7-16/h6-9,15,17H,3-5,10-14H2,1-2H3,(H,22,24). The highest BCUT2D eigenvalue weighted by Gasteiger charge is 2.28. The zero-order valence-electron chi connectivity index (χ0n) is 15.7. The summed E-state index contributed by atoms with van der Waals surface area (Å²) in [6, 6.07) is 5.53. The predicted octanol–water partition coefficient (Wildman–Crippen LogP) is 2.86. The molecule has 6 heteroatoms. The molecule has 0 bridgehead atoms. The van der Waals surface area contributed by atoms with Crippen molar-refractivity contribution in [1.29, 1.82) is 0 Å². The maximum atomic E-state index is 13.0. The van der Waals surface area contributed by atoms with E-state index in [0.717, 1.165) is 25.9 Å². The number of halogens is 1. The fourth-order valence-corrected chi connectivity index (χ4v) is 3.00. The molecule has 0 aliphatic carbocycles. The van der Waals surface area contributed by atoms with Gasteiger partial charge in [0.25, 0.3) is 5.91 Å². The van der Waals surface area contributed by atoms with Gasteiger partial charge in [-0.05, 0) is 49.4 Å². The van der Waals surface area contributed by atoms with Gasteiger partial charge in [-0.25, -0.2) is 4.39 Å². The van der Waals surface area contributed by atoms with E-state index in [1.165, 1.54) is 24.3 Å². The van der Waals surface area contributed by atoms with Gasteiger partial charge in [-0.15, -0.1) is 0 Å². The van der Waals surface area contributed by atoms with Crippen LogP contribution in [0.1, 0.15) is 43.5 Å². The van der Waals surface area contributed by atoms with Gasteiger partial charge in [-0.3, -0.25) is 9.59 Å². The highest BCUT2D eigenvalue weighted by molar-refractivity contribution is 5.94. The van der Waals surface area contributed by atoms with Gasteiger partial charge in [-0.2, -0.15) is 0 Å². The van der Waals surface area contributed by atoms with Crippen LogP contribution in [-0.2, 0) is 9.53 Å². The smallest absolute Gasteiger partial charge is 0.253 e. The summed E-state index contributed by atoms with van der Waals surface area (Å²) in [6.45, 7) is 7.19. The van der Waals surface area contributed by atoms with Crippen LogP contribution in [-0.4, -0.2) is 49.6 Å². The minimum Gasteiger partial charge on any atom is -0.381 e. The number of carbonyl (C=O) groups excluding carboxylic acids is 2. The van der Waals surface area contributed by atoms with Crippen LogP contribution in [0.4, 0.5) is 4.39 Å². The van der Waals surface area contributed by atoms with Crippen LogP contribution < -0.4 is 5.32 Å². The summed E-state index contributed by atoms with van der Waals surface area (Å²) in [5.41, 5.74) is 0.453. The summed E-state index contributed by atoms with van der Waals surface area (Å²) in [6.07, 6.45) is 2.36. The number of amides is 2. The fourth-order valence-electron chi connectivity index (χ4n) is 3.00. The molecule has 1 aliphatic heterocycles. The lowest BCUT2D eigenvalue weighted by atomic mass is 9.96. The first kappa shape index (κ1) is 20.4. The number of benzene rings is 1. The van der Waals surface area contributed by atoms with Crippen molar-refractivity contribution in [2.45, 2.75) is 33.1 Å². The topological polar surface area (TPSA) is 58.6 Å². The van der Waals surface area contributed by atoms with Gasteiger partial charge < -0.3 is 15.0 Å². The lowest BCUT2D eigenvalue weighted by Gasteiger charge is -2.32. The first-order valence-corrected chi connectivity index (χ1v) is 9.37. The molecule has 1 N–H and O–H groups in total. The number of rotatable bonds is 8. The third-order valence-electron chi connectivity index (χ3n) is 4.39. The van der Waals surface area contributed by atoms with Crippen molar-refractivity contribution in [1.82, 2.24) is 10.2 Å². The van der Waals surface area contributed by atoms with E-state index in [1.807, 2.05) is 0 Å². The number of nitrogens with zero attached hydrogens (tertiary/aromatic N) is 1. The molecule has 1 aromatic rings. The minimum absolute atomic E-state index is 0.00883. The Labute approximate surface area is 154 Å². The Morgan fingerprint density at radius 2 is 2.04 bits per heavy atom. The number of hydrogen-bond acceptors (Lipinski definition) is 3. The first-order chi connectivity index (χ1) is 12.5. The second kappa shape index (κ2) is 10.3. The molecule has 26 heavy (non-hydrogen) atoms. The highest BCUT2D eigenvalue weighted by atomic mass is 19.1. The van der Waals surface area contributed by atoms with Crippen molar-refractivity contribution >= 4 is 11.8 Å². The number of carbonyl (C=O) groups is 2. The van der Waals surface area contributed by atoms with Gasteiger partial charge in [0.2, 0.25) is 5.91 Å². The maximum absolute atomic E-state index is 13.0. The van der Waals surface area contributed by atoms with Crippen molar-refractivity contribution in [3.05, 3.63) is 35.6 Å². The largest absolute Gasteiger partial charge is 0.381 e. The SMILES string of the molecule is CC(C)COCCCNC(=O)C1CCCN(C(=O)c2ccc(F)cc2)C1. The number of nitrogens with one attached hydrogen (secondary N) is 1. The molecule has 1 aliphatic rings. The van der Waals surface area contributed by atoms with Crippen molar-refractivity contribution in [2.24, 2.45) is 11.8 Å². The normalized spacial score (nSPS) is 17.4. The number of likely N-dealkylation sites (tertiary alicyclic amines) is 1. The Morgan fingerprint density at radius 1 is 1.31 bits per heavy atom. The van der Waals surface area contributed by atoms with Crippen LogP contribution in [0.25, 0.3) is 0 Å². The third-order valence-corrected chi connectivity index (χ3v) is 4.39. The third kappa shape index (κ3) is 6.41. The quantitative estimate of drug-likeness (QED) is 0.722. The molecule has 1 heterocycles. The molecule has 2 amide bonds. The first-order valence-electron chi connectivity index (χ1n) is 9.37. The van der Waals surface area contributed by atoms with E-state index in [4.69, 9.17) is 4.74 Å². The Bertz CT molecular complexity index is 589. The van der Waals surface area contributed by atoms with Gasteiger partial charge in [0.1, 0.15) is 5.82 Å². The summed E-state index contributed by atoms with van der Waals surface area (Å²) >= 11 is 0. The molecule has 0 saturated carbocycles. The van der Waals surface area contributed by atoms with E-state index in [1.54, 1.807) is 4.90 Å². The van der Waals surface area contributed by atoms with Crippen molar-refractivity contribution < 1.29 is 18.7 Å². The van der Waals surface area contributed by atoms with Gasteiger partial charge in [0.05, 0.1) is 5.92 Å². The van der Waals surface area contributed by atoms with Crippen molar-refractivity contribution in [3.8, 4) is 0 Å². The molecular formula is C20H29FN2O3. The zero-order chi connectivity index (χ0) is 18.9. The summed E-state index contributed by atoms with van der Waals surface area (Å²) < 4.78 is 18.5. The van der Waals surface area contributed by atoms with E-state index in [0.29, 0.717) is 37.7 Å². The highest BCUT2D eigenvalue weighted by Crippen LogP contribution is 2.19. The number of piperidine rings is 1. The van der Waals surface area contributed by atoms with E-state index >= 15 is 0 Å². The molecule has 1 fully saturated rings. The second-order valence-corrected chi connectivity index (χ2v) is 7.21. The second-order valence-electron chi connectivity index (χ2n) is 7.21. The molecule has 0 aromatic heterocycles. The summed E-state index contributed by atoms with van der Waals surface area (Å²) in [7, 11) is 0. The molecule has 0 spiro atoms. The zero-order valence-corrected chi connectivity index (χ0v) is 15.7. The van der Waals surface area contributed by atoms with Gasteiger partial charge in [-0.1, -0.05) is 13.8 Å². The molecule has 5 nitrogen and oxygen atoms in total. The fraction of sp³-hybridized carbons (Fsp3) is 0.600. The van der Waals surface area contributed by atoms with Crippen LogP contribution >= 0.6 is 0 Å².